The summed E-state index contributed by atoms with van der Waals surface area (Å²) < 4.78 is 5.09. The summed E-state index contributed by atoms with van der Waals surface area (Å²) in [5.74, 6) is 0.486. The molecule has 0 saturated carbocycles. The van der Waals surface area contributed by atoms with Crippen LogP contribution in [0.2, 0.25) is 0 Å². The largest absolute Gasteiger partial charge is 0.497 e. The zero-order valence-corrected chi connectivity index (χ0v) is 16.5. The van der Waals surface area contributed by atoms with Crippen molar-refractivity contribution in [3.63, 3.8) is 0 Å². The summed E-state index contributed by atoms with van der Waals surface area (Å²) in [6.07, 6.45) is 0.643. The molecule has 2 amide bonds. The Morgan fingerprint density at radius 3 is 2.64 bits per heavy atom. The first-order valence-corrected chi connectivity index (χ1v) is 9.68. The number of amides is 2. The summed E-state index contributed by atoms with van der Waals surface area (Å²) in [7, 11) is 1.59. The van der Waals surface area contributed by atoms with Gasteiger partial charge in [0.2, 0.25) is 5.91 Å². The molecule has 144 valence electrons. The number of carbonyl (C=O) groups is 2. The normalized spacial score (nSPS) is 10.4. The second kappa shape index (κ2) is 9.14. The average molecular weight is 395 g/mol. The van der Waals surface area contributed by atoms with Crippen LogP contribution in [-0.4, -0.2) is 30.5 Å². The standard InChI is InChI=1S/C21H21N3O3S/c1-14(25)23-17-5-3-4-16(12-17)21-24-18(13-28-21)10-11-22-20(26)15-6-8-19(27-2)9-7-15/h3-9,12-13H,10-11H2,1-2H3,(H,22,26)(H,23,25). The highest BCUT2D eigenvalue weighted by Gasteiger charge is 2.08. The first-order valence-electron chi connectivity index (χ1n) is 8.80. The van der Waals surface area contributed by atoms with Gasteiger partial charge in [-0.15, -0.1) is 11.3 Å². The molecule has 0 radical (unpaired) electrons. The fourth-order valence-electron chi connectivity index (χ4n) is 2.64. The Labute approximate surface area is 167 Å². The maximum atomic E-state index is 12.2. The van der Waals surface area contributed by atoms with Gasteiger partial charge in [0, 0.05) is 42.1 Å². The Hall–Kier alpha value is -3.19. The molecule has 0 saturated heterocycles. The van der Waals surface area contributed by atoms with Crippen LogP contribution < -0.4 is 15.4 Å². The van der Waals surface area contributed by atoms with Gasteiger partial charge in [0.1, 0.15) is 10.8 Å². The number of aromatic nitrogens is 1. The summed E-state index contributed by atoms with van der Waals surface area (Å²) in [6.45, 7) is 1.98. The lowest BCUT2D eigenvalue weighted by molar-refractivity contribution is -0.114. The number of rotatable bonds is 7. The fourth-order valence-corrected chi connectivity index (χ4v) is 3.49. The lowest BCUT2D eigenvalue weighted by atomic mass is 10.2. The third-order valence-electron chi connectivity index (χ3n) is 4.00. The van der Waals surface area contributed by atoms with Gasteiger partial charge in [0.25, 0.3) is 5.91 Å². The van der Waals surface area contributed by atoms with Crippen molar-refractivity contribution in [2.45, 2.75) is 13.3 Å². The van der Waals surface area contributed by atoms with Gasteiger partial charge in [-0.2, -0.15) is 0 Å². The van der Waals surface area contributed by atoms with Crippen molar-refractivity contribution in [3.8, 4) is 16.3 Å². The van der Waals surface area contributed by atoms with Gasteiger partial charge >= 0.3 is 0 Å². The molecule has 6 nitrogen and oxygen atoms in total. The van der Waals surface area contributed by atoms with E-state index in [1.807, 2.05) is 29.6 Å². The molecule has 0 unspecified atom stereocenters. The van der Waals surface area contributed by atoms with Crippen molar-refractivity contribution in [2.75, 3.05) is 19.0 Å². The van der Waals surface area contributed by atoms with E-state index in [-0.39, 0.29) is 11.8 Å². The van der Waals surface area contributed by atoms with Gasteiger partial charge in [0.15, 0.2) is 0 Å². The summed E-state index contributed by atoms with van der Waals surface area (Å²) in [4.78, 5) is 28.0. The topological polar surface area (TPSA) is 80.3 Å². The molecule has 0 aliphatic rings. The Bertz CT molecular complexity index is 967. The summed E-state index contributed by atoms with van der Waals surface area (Å²) in [5, 5.41) is 8.54. The molecule has 0 aliphatic heterocycles. The number of ether oxygens (including phenoxy) is 1. The number of hydrogen-bond acceptors (Lipinski definition) is 5. The van der Waals surface area contributed by atoms with Crippen LogP contribution in [-0.2, 0) is 11.2 Å². The quantitative estimate of drug-likeness (QED) is 0.638. The maximum absolute atomic E-state index is 12.2. The highest BCUT2D eigenvalue weighted by Crippen LogP contribution is 2.26. The third-order valence-corrected chi connectivity index (χ3v) is 4.94. The smallest absolute Gasteiger partial charge is 0.251 e. The lowest BCUT2D eigenvalue weighted by Crippen LogP contribution is -2.25. The molecule has 2 N–H and O–H groups in total. The van der Waals surface area contributed by atoms with Crippen LogP contribution in [0, 0.1) is 0 Å². The van der Waals surface area contributed by atoms with Crippen LogP contribution in [0.4, 0.5) is 5.69 Å². The monoisotopic (exact) mass is 395 g/mol. The molecular weight excluding hydrogens is 374 g/mol. The number of anilines is 1. The molecule has 28 heavy (non-hydrogen) atoms. The molecule has 3 aromatic rings. The Kier molecular flexibility index (Phi) is 6.39. The number of methoxy groups -OCH3 is 1. The molecule has 0 bridgehead atoms. The van der Waals surface area contributed by atoms with Crippen molar-refractivity contribution in [3.05, 3.63) is 65.2 Å². The van der Waals surface area contributed by atoms with Gasteiger partial charge in [0.05, 0.1) is 12.8 Å². The van der Waals surface area contributed by atoms with Gasteiger partial charge in [-0.25, -0.2) is 4.98 Å². The van der Waals surface area contributed by atoms with E-state index in [0.717, 1.165) is 22.0 Å². The number of benzene rings is 2. The minimum atomic E-state index is -0.124. The molecule has 0 spiro atoms. The Morgan fingerprint density at radius 2 is 1.93 bits per heavy atom. The number of nitrogens with one attached hydrogen (secondary N) is 2. The van der Waals surface area contributed by atoms with E-state index in [0.29, 0.717) is 24.3 Å². The SMILES string of the molecule is COc1ccc(C(=O)NCCc2csc(-c3cccc(NC(C)=O)c3)n2)cc1. The first kappa shape index (κ1) is 19.6. The van der Waals surface area contributed by atoms with Crippen molar-refractivity contribution in [1.82, 2.24) is 10.3 Å². The molecule has 0 fully saturated rings. The molecule has 1 aromatic heterocycles. The minimum absolute atomic E-state index is 0.107. The molecule has 7 heteroatoms. The van der Waals surface area contributed by atoms with Crippen LogP contribution in [0.1, 0.15) is 23.0 Å². The lowest BCUT2D eigenvalue weighted by Gasteiger charge is -2.05. The second-order valence-electron chi connectivity index (χ2n) is 6.14. The average Bonchev–Trinajstić information content (AvgIpc) is 3.16. The van der Waals surface area contributed by atoms with Gasteiger partial charge in [-0.05, 0) is 36.4 Å². The molecule has 0 aliphatic carbocycles. The Morgan fingerprint density at radius 1 is 1.14 bits per heavy atom. The number of hydrogen-bond donors (Lipinski definition) is 2. The number of carbonyl (C=O) groups excluding carboxylic acids is 2. The predicted molar refractivity (Wildman–Crippen MR) is 111 cm³/mol. The molecule has 1 heterocycles. The summed E-state index contributed by atoms with van der Waals surface area (Å²) in [5.41, 5.74) is 3.20. The van der Waals surface area contributed by atoms with Crippen LogP contribution in [0.5, 0.6) is 5.75 Å². The van der Waals surface area contributed by atoms with Gasteiger partial charge < -0.3 is 15.4 Å². The fraction of sp³-hybridized carbons (Fsp3) is 0.190. The molecule has 2 aromatic carbocycles. The third kappa shape index (κ3) is 5.17. The minimum Gasteiger partial charge on any atom is -0.497 e. The maximum Gasteiger partial charge on any atom is 0.251 e. The van der Waals surface area contributed by atoms with Crippen molar-refractivity contribution < 1.29 is 14.3 Å². The summed E-state index contributed by atoms with van der Waals surface area (Å²) in [6, 6.07) is 14.6. The Balaban J connectivity index is 1.56. The van der Waals surface area contributed by atoms with Crippen molar-refractivity contribution in [2.24, 2.45) is 0 Å². The molecular formula is C21H21N3O3S. The summed E-state index contributed by atoms with van der Waals surface area (Å²) >= 11 is 1.54. The van der Waals surface area contributed by atoms with Crippen LogP contribution in [0.15, 0.2) is 53.9 Å². The van der Waals surface area contributed by atoms with E-state index >= 15 is 0 Å². The predicted octanol–water partition coefficient (Wildman–Crippen LogP) is 3.75. The van der Waals surface area contributed by atoms with E-state index in [2.05, 4.69) is 15.6 Å². The van der Waals surface area contributed by atoms with E-state index < -0.39 is 0 Å². The molecule has 3 rings (SSSR count). The van der Waals surface area contributed by atoms with E-state index in [1.54, 1.807) is 31.4 Å². The molecule has 0 atom stereocenters. The van der Waals surface area contributed by atoms with Crippen LogP contribution in [0.25, 0.3) is 10.6 Å². The highest BCUT2D eigenvalue weighted by atomic mass is 32.1. The number of thiazole rings is 1. The van der Waals surface area contributed by atoms with E-state index in [4.69, 9.17) is 4.74 Å². The van der Waals surface area contributed by atoms with Crippen LogP contribution >= 0.6 is 11.3 Å². The second-order valence-corrected chi connectivity index (χ2v) is 7.00. The van der Waals surface area contributed by atoms with Gasteiger partial charge in [-0.3, -0.25) is 9.59 Å². The van der Waals surface area contributed by atoms with E-state index in [9.17, 15) is 9.59 Å². The zero-order chi connectivity index (χ0) is 19.9. The van der Waals surface area contributed by atoms with Crippen molar-refractivity contribution in [1.29, 1.82) is 0 Å². The number of nitrogens with zero attached hydrogens (tertiary/aromatic N) is 1. The highest BCUT2D eigenvalue weighted by molar-refractivity contribution is 7.13. The zero-order valence-electron chi connectivity index (χ0n) is 15.7. The first-order chi connectivity index (χ1) is 13.5. The van der Waals surface area contributed by atoms with E-state index in [1.165, 1.54) is 18.3 Å². The van der Waals surface area contributed by atoms with Gasteiger partial charge in [-0.1, -0.05) is 12.1 Å². The van der Waals surface area contributed by atoms with Crippen molar-refractivity contribution >= 4 is 28.8 Å². The van der Waals surface area contributed by atoms with Crippen LogP contribution in [0.3, 0.4) is 0 Å².